The van der Waals surface area contributed by atoms with Gasteiger partial charge in [-0.05, 0) is 43.5 Å². The molecule has 0 radical (unpaired) electrons. The fraction of sp³-hybridized carbons (Fsp3) is 0.231. The van der Waals surface area contributed by atoms with Crippen molar-refractivity contribution < 1.29 is 0 Å². The molecule has 0 saturated heterocycles. The maximum Gasteiger partial charge on any atom is 0.264 e. The normalized spacial score (nSPS) is 10.4. The number of rotatable bonds is 1. The summed E-state index contributed by atoms with van der Waals surface area (Å²) in [6.45, 7) is 6.26. The van der Waals surface area contributed by atoms with Crippen LogP contribution in [0, 0.1) is 20.8 Å². The number of benzene rings is 1. The molecular weight excluding hydrogens is 200 g/mol. The van der Waals surface area contributed by atoms with E-state index in [1.807, 2.05) is 6.07 Å². The van der Waals surface area contributed by atoms with Gasteiger partial charge in [0.1, 0.15) is 0 Å². The van der Waals surface area contributed by atoms with Gasteiger partial charge in [0.15, 0.2) is 0 Å². The average Bonchev–Trinajstić information content (AvgIpc) is 2.28. The van der Waals surface area contributed by atoms with Crippen LogP contribution in [0.5, 0.6) is 0 Å². The van der Waals surface area contributed by atoms with Gasteiger partial charge in [0.2, 0.25) is 0 Å². The fourth-order valence-corrected chi connectivity index (χ4v) is 1.73. The lowest BCUT2D eigenvalue weighted by Crippen LogP contribution is -2.06. The zero-order chi connectivity index (χ0) is 11.7. The molecule has 0 aliphatic heterocycles. The molecule has 0 aliphatic rings. The molecule has 0 aliphatic carbocycles. The van der Waals surface area contributed by atoms with Crippen LogP contribution in [0.15, 0.2) is 29.1 Å². The van der Waals surface area contributed by atoms with Crippen molar-refractivity contribution in [2.45, 2.75) is 20.8 Å². The van der Waals surface area contributed by atoms with Crippen molar-refractivity contribution in [1.82, 2.24) is 10.2 Å². The van der Waals surface area contributed by atoms with Crippen molar-refractivity contribution >= 4 is 0 Å². The van der Waals surface area contributed by atoms with Crippen LogP contribution < -0.4 is 5.56 Å². The number of H-pyrrole nitrogens is 1. The predicted molar refractivity (Wildman–Crippen MR) is 64.5 cm³/mol. The van der Waals surface area contributed by atoms with Gasteiger partial charge in [0.25, 0.3) is 5.56 Å². The molecule has 1 aromatic heterocycles. The summed E-state index contributed by atoms with van der Waals surface area (Å²) in [4.78, 5) is 10.9. The predicted octanol–water partition coefficient (Wildman–Crippen LogP) is 2.36. The highest BCUT2D eigenvalue weighted by Crippen LogP contribution is 2.24. The van der Waals surface area contributed by atoms with E-state index in [2.05, 4.69) is 37.0 Å². The van der Waals surface area contributed by atoms with Crippen molar-refractivity contribution in [3.63, 3.8) is 0 Å². The summed E-state index contributed by atoms with van der Waals surface area (Å²) in [7, 11) is 0. The molecule has 2 rings (SSSR count). The molecule has 0 amide bonds. The molecule has 3 heteroatoms. The Kier molecular flexibility index (Phi) is 2.60. The maximum absolute atomic E-state index is 10.9. The second kappa shape index (κ2) is 3.93. The van der Waals surface area contributed by atoms with E-state index in [-0.39, 0.29) is 5.56 Å². The first kappa shape index (κ1) is 10.6. The first-order valence-electron chi connectivity index (χ1n) is 5.22. The van der Waals surface area contributed by atoms with Crippen molar-refractivity contribution in [1.29, 1.82) is 0 Å². The molecule has 16 heavy (non-hydrogen) atoms. The molecule has 0 spiro atoms. The molecule has 82 valence electrons. The molecular formula is C13H14N2O. The second-order valence-electron chi connectivity index (χ2n) is 3.99. The lowest BCUT2D eigenvalue weighted by atomic mass is 9.97. The first-order valence-corrected chi connectivity index (χ1v) is 5.22. The van der Waals surface area contributed by atoms with E-state index in [9.17, 15) is 4.79 Å². The van der Waals surface area contributed by atoms with E-state index in [1.165, 1.54) is 22.8 Å². The summed E-state index contributed by atoms with van der Waals surface area (Å²) in [5.41, 5.74) is 5.44. The topological polar surface area (TPSA) is 45.8 Å². The third-order valence-corrected chi connectivity index (χ3v) is 3.01. The molecule has 3 nitrogen and oxygen atoms in total. The Bertz CT molecular complexity index is 564. The molecule has 0 fully saturated rings. The molecule has 1 N–H and O–H groups in total. The lowest BCUT2D eigenvalue weighted by Gasteiger charge is -2.10. The number of aromatic nitrogens is 2. The van der Waals surface area contributed by atoms with Gasteiger partial charge in [0, 0.05) is 11.6 Å². The van der Waals surface area contributed by atoms with Crippen molar-refractivity contribution in [2.75, 3.05) is 0 Å². The maximum atomic E-state index is 10.9. The van der Waals surface area contributed by atoms with Gasteiger partial charge >= 0.3 is 0 Å². The second-order valence-corrected chi connectivity index (χ2v) is 3.99. The minimum Gasteiger partial charge on any atom is -0.268 e. The summed E-state index contributed by atoms with van der Waals surface area (Å²) in [6.07, 6.45) is 0. The van der Waals surface area contributed by atoms with E-state index in [0.29, 0.717) is 0 Å². The number of aryl methyl sites for hydroxylation is 1. The summed E-state index contributed by atoms with van der Waals surface area (Å²) in [5.74, 6) is 0. The van der Waals surface area contributed by atoms with E-state index < -0.39 is 0 Å². The monoisotopic (exact) mass is 214 g/mol. The molecule has 2 aromatic rings. The van der Waals surface area contributed by atoms with Gasteiger partial charge in [-0.1, -0.05) is 12.1 Å². The fourth-order valence-electron chi connectivity index (χ4n) is 1.73. The summed E-state index contributed by atoms with van der Waals surface area (Å²) in [6, 6.07) is 7.36. The Morgan fingerprint density at radius 1 is 1.00 bits per heavy atom. The van der Waals surface area contributed by atoms with Gasteiger partial charge < -0.3 is 0 Å². The van der Waals surface area contributed by atoms with Crippen LogP contribution in [0.1, 0.15) is 16.7 Å². The van der Waals surface area contributed by atoms with Gasteiger partial charge in [0.05, 0.1) is 5.69 Å². The van der Waals surface area contributed by atoms with Crippen molar-refractivity contribution in [2.24, 2.45) is 0 Å². The van der Waals surface area contributed by atoms with Gasteiger partial charge in [-0.25, -0.2) is 5.10 Å². The number of hydrogen-bond donors (Lipinski definition) is 1. The van der Waals surface area contributed by atoms with Gasteiger partial charge in [-0.3, -0.25) is 4.79 Å². The van der Waals surface area contributed by atoms with E-state index in [1.54, 1.807) is 6.07 Å². The lowest BCUT2D eigenvalue weighted by molar-refractivity contribution is 0.993. The Labute approximate surface area is 94.2 Å². The number of nitrogens with zero attached hydrogens (tertiary/aromatic N) is 1. The third-order valence-electron chi connectivity index (χ3n) is 3.01. The van der Waals surface area contributed by atoms with Crippen LogP contribution in [0.25, 0.3) is 11.3 Å². The number of aromatic amines is 1. The molecule has 0 saturated carbocycles. The molecule has 1 heterocycles. The highest BCUT2D eigenvalue weighted by molar-refractivity contribution is 5.65. The molecule has 0 unspecified atom stereocenters. The standard InChI is InChI=1S/C13H14N2O/c1-8-4-5-11(10(3)9(8)2)12-6-7-13(16)15-14-12/h4-7H,1-3H3,(H,15,16). The SMILES string of the molecule is Cc1ccc(-c2ccc(=O)[nH]n2)c(C)c1C. The summed E-state index contributed by atoms with van der Waals surface area (Å²) >= 11 is 0. The largest absolute Gasteiger partial charge is 0.268 e. The highest BCUT2D eigenvalue weighted by atomic mass is 16.1. The van der Waals surface area contributed by atoms with Gasteiger partial charge in [-0.15, -0.1) is 0 Å². The Morgan fingerprint density at radius 2 is 1.75 bits per heavy atom. The molecule has 1 aromatic carbocycles. The van der Waals surface area contributed by atoms with Gasteiger partial charge in [-0.2, -0.15) is 5.10 Å². The Balaban J connectivity index is 2.61. The van der Waals surface area contributed by atoms with Crippen molar-refractivity contribution in [3.8, 4) is 11.3 Å². The molecule has 0 atom stereocenters. The summed E-state index contributed by atoms with van der Waals surface area (Å²) < 4.78 is 0. The first-order chi connectivity index (χ1) is 7.59. The van der Waals surface area contributed by atoms with E-state index >= 15 is 0 Å². The smallest absolute Gasteiger partial charge is 0.264 e. The Hall–Kier alpha value is -1.90. The van der Waals surface area contributed by atoms with Crippen LogP contribution in [-0.2, 0) is 0 Å². The van der Waals surface area contributed by atoms with Crippen LogP contribution in [0.4, 0.5) is 0 Å². The highest BCUT2D eigenvalue weighted by Gasteiger charge is 2.06. The zero-order valence-corrected chi connectivity index (χ0v) is 9.66. The Morgan fingerprint density at radius 3 is 2.38 bits per heavy atom. The minimum absolute atomic E-state index is 0.176. The third kappa shape index (κ3) is 1.76. The van der Waals surface area contributed by atoms with E-state index in [0.717, 1.165) is 11.3 Å². The van der Waals surface area contributed by atoms with Crippen LogP contribution >= 0.6 is 0 Å². The quantitative estimate of drug-likeness (QED) is 0.792. The number of nitrogens with one attached hydrogen (secondary N) is 1. The van der Waals surface area contributed by atoms with Crippen molar-refractivity contribution in [3.05, 3.63) is 51.3 Å². The minimum atomic E-state index is -0.176. The van der Waals surface area contributed by atoms with E-state index in [4.69, 9.17) is 0 Å². The van der Waals surface area contributed by atoms with Crippen LogP contribution in [0.2, 0.25) is 0 Å². The van der Waals surface area contributed by atoms with Crippen LogP contribution in [0.3, 0.4) is 0 Å². The number of hydrogen-bond acceptors (Lipinski definition) is 2. The van der Waals surface area contributed by atoms with Crippen LogP contribution in [-0.4, -0.2) is 10.2 Å². The summed E-state index contributed by atoms with van der Waals surface area (Å²) in [5, 5.41) is 6.50. The average molecular weight is 214 g/mol. The molecule has 0 bridgehead atoms. The zero-order valence-electron chi connectivity index (χ0n) is 9.66.